The van der Waals surface area contributed by atoms with E-state index in [0.29, 0.717) is 30.6 Å². The van der Waals surface area contributed by atoms with Gasteiger partial charge < -0.3 is 20.0 Å². The number of halogens is 2. The number of rotatable bonds is 5. The van der Waals surface area contributed by atoms with Gasteiger partial charge in [-0.15, -0.1) is 24.0 Å². The van der Waals surface area contributed by atoms with Gasteiger partial charge in [-0.2, -0.15) is 0 Å². The first kappa shape index (κ1) is 24.5. The standard InChI is InChI=1S/C19H28ClN5O2.HI/c1-14(2)22-19(21-11-17(26)23(3)4)25-10-9-24(18(27)13-25)12-15-5-7-16(20)8-6-15;/h5-8,14H,9-13H2,1-4H3,(H,21,22);1H. The fraction of sp³-hybridized carbons (Fsp3) is 0.526. The van der Waals surface area contributed by atoms with Crippen LogP contribution in [0.2, 0.25) is 5.02 Å². The van der Waals surface area contributed by atoms with Crippen molar-refractivity contribution in [2.24, 2.45) is 4.99 Å². The molecule has 28 heavy (non-hydrogen) atoms. The Morgan fingerprint density at radius 3 is 2.43 bits per heavy atom. The molecule has 1 aromatic carbocycles. The minimum Gasteiger partial charge on any atom is -0.354 e. The number of aliphatic imine (C=N–C) groups is 1. The Labute approximate surface area is 189 Å². The molecule has 0 saturated carbocycles. The second-order valence-electron chi connectivity index (χ2n) is 7.09. The van der Waals surface area contributed by atoms with Crippen LogP contribution in [0.15, 0.2) is 29.3 Å². The first-order chi connectivity index (χ1) is 12.8. The zero-order valence-corrected chi connectivity index (χ0v) is 19.9. The summed E-state index contributed by atoms with van der Waals surface area (Å²) in [6.07, 6.45) is 0. The van der Waals surface area contributed by atoms with Crippen LogP contribution in [-0.2, 0) is 16.1 Å². The van der Waals surface area contributed by atoms with Crippen LogP contribution in [0.25, 0.3) is 0 Å². The van der Waals surface area contributed by atoms with Crippen molar-refractivity contribution in [2.75, 3.05) is 40.3 Å². The normalized spacial score (nSPS) is 14.8. The summed E-state index contributed by atoms with van der Waals surface area (Å²) in [4.78, 5) is 34.1. The van der Waals surface area contributed by atoms with E-state index in [1.807, 2.05) is 47.9 Å². The largest absolute Gasteiger partial charge is 0.354 e. The van der Waals surface area contributed by atoms with Crippen molar-refractivity contribution in [3.8, 4) is 0 Å². The van der Waals surface area contributed by atoms with E-state index in [-0.39, 0.29) is 54.9 Å². The van der Waals surface area contributed by atoms with E-state index in [4.69, 9.17) is 11.6 Å². The Kier molecular flexibility index (Phi) is 10.0. The van der Waals surface area contributed by atoms with Gasteiger partial charge in [0.1, 0.15) is 6.54 Å². The van der Waals surface area contributed by atoms with Crippen LogP contribution in [0.5, 0.6) is 0 Å². The van der Waals surface area contributed by atoms with Crippen LogP contribution in [0, 0.1) is 0 Å². The van der Waals surface area contributed by atoms with E-state index in [9.17, 15) is 9.59 Å². The van der Waals surface area contributed by atoms with E-state index in [2.05, 4.69) is 10.3 Å². The summed E-state index contributed by atoms with van der Waals surface area (Å²) in [7, 11) is 3.40. The van der Waals surface area contributed by atoms with Crippen LogP contribution in [0.3, 0.4) is 0 Å². The maximum atomic E-state index is 12.6. The van der Waals surface area contributed by atoms with Crippen LogP contribution in [0.1, 0.15) is 19.4 Å². The quantitative estimate of drug-likeness (QED) is 0.366. The molecule has 0 spiro atoms. The van der Waals surface area contributed by atoms with Crippen LogP contribution >= 0.6 is 35.6 Å². The molecule has 1 aliphatic heterocycles. The van der Waals surface area contributed by atoms with Crippen LogP contribution in [-0.4, -0.2) is 78.8 Å². The predicted octanol–water partition coefficient (Wildman–Crippen LogP) is 2.04. The number of hydrogen-bond acceptors (Lipinski definition) is 3. The number of guanidine groups is 1. The SMILES string of the molecule is CC(C)NC(=NCC(=O)N(C)C)N1CCN(Cc2ccc(Cl)cc2)C(=O)C1.I. The Bertz CT molecular complexity index is 694. The first-order valence-corrected chi connectivity index (χ1v) is 9.42. The average Bonchev–Trinajstić information content (AvgIpc) is 2.61. The van der Waals surface area contributed by atoms with Crippen LogP contribution in [0.4, 0.5) is 0 Å². The molecule has 0 aromatic heterocycles. The van der Waals surface area contributed by atoms with Gasteiger partial charge in [-0.1, -0.05) is 23.7 Å². The van der Waals surface area contributed by atoms with E-state index < -0.39 is 0 Å². The molecule has 2 rings (SSSR count). The minimum absolute atomic E-state index is 0. The topological polar surface area (TPSA) is 68.2 Å². The van der Waals surface area contributed by atoms with Gasteiger partial charge in [0.15, 0.2) is 5.96 Å². The number of carbonyl (C=O) groups is 2. The third kappa shape index (κ3) is 7.46. The zero-order valence-electron chi connectivity index (χ0n) is 16.8. The zero-order chi connectivity index (χ0) is 20.0. The molecule has 1 aromatic rings. The molecule has 0 aliphatic carbocycles. The van der Waals surface area contributed by atoms with Gasteiger partial charge in [0, 0.05) is 44.8 Å². The molecule has 1 heterocycles. The highest BCUT2D eigenvalue weighted by Crippen LogP contribution is 2.13. The molecule has 1 fully saturated rings. The summed E-state index contributed by atoms with van der Waals surface area (Å²) in [5.74, 6) is 0.554. The van der Waals surface area contributed by atoms with Crippen molar-refractivity contribution >= 4 is 53.4 Å². The van der Waals surface area contributed by atoms with Crippen molar-refractivity contribution in [3.05, 3.63) is 34.9 Å². The number of carbonyl (C=O) groups excluding carboxylic acids is 2. The second-order valence-corrected chi connectivity index (χ2v) is 7.53. The van der Waals surface area contributed by atoms with Crippen LogP contribution < -0.4 is 5.32 Å². The van der Waals surface area contributed by atoms with Gasteiger partial charge in [0.2, 0.25) is 11.8 Å². The van der Waals surface area contributed by atoms with E-state index in [1.54, 1.807) is 14.1 Å². The number of benzene rings is 1. The summed E-state index contributed by atoms with van der Waals surface area (Å²) in [5, 5.41) is 3.94. The van der Waals surface area contributed by atoms with Crippen molar-refractivity contribution in [2.45, 2.75) is 26.4 Å². The molecule has 1 N–H and O–H groups in total. The Hall–Kier alpha value is -1.55. The monoisotopic (exact) mass is 521 g/mol. The third-order valence-corrected chi connectivity index (χ3v) is 4.44. The summed E-state index contributed by atoms with van der Waals surface area (Å²) < 4.78 is 0. The van der Waals surface area contributed by atoms with E-state index in [1.165, 1.54) is 4.90 Å². The lowest BCUT2D eigenvalue weighted by molar-refractivity contribution is -0.135. The predicted molar refractivity (Wildman–Crippen MR) is 123 cm³/mol. The van der Waals surface area contributed by atoms with Gasteiger partial charge in [-0.3, -0.25) is 9.59 Å². The number of likely N-dealkylation sites (N-methyl/N-ethyl adjacent to an activating group) is 1. The summed E-state index contributed by atoms with van der Waals surface area (Å²) in [6.45, 7) is 6.12. The fourth-order valence-electron chi connectivity index (χ4n) is 2.65. The van der Waals surface area contributed by atoms with Gasteiger partial charge in [-0.25, -0.2) is 4.99 Å². The fourth-order valence-corrected chi connectivity index (χ4v) is 2.77. The molecule has 0 radical (unpaired) electrons. The van der Waals surface area contributed by atoms with Gasteiger partial charge in [0.05, 0.1) is 6.54 Å². The number of amides is 2. The second kappa shape index (κ2) is 11.5. The van der Waals surface area contributed by atoms with Crippen molar-refractivity contribution < 1.29 is 9.59 Å². The lowest BCUT2D eigenvalue weighted by Crippen LogP contribution is -2.56. The molecule has 156 valence electrons. The molecule has 2 amide bonds. The number of nitrogens with one attached hydrogen (secondary N) is 1. The molecule has 1 saturated heterocycles. The highest BCUT2D eigenvalue weighted by Gasteiger charge is 2.26. The molecule has 7 nitrogen and oxygen atoms in total. The lowest BCUT2D eigenvalue weighted by Gasteiger charge is -2.36. The highest BCUT2D eigenvalue weighted by molar-refractivity contribution is 14.0. The Balaban J connectivity index is 0.00000392. The minimum atomic E-state index is -0.0780. The van der Waals surface area contributed by atoms with E-state index >= 15 is 0 Å². The molecule has 1 aliphatic rings. The number of hydrogen-bond donors (Lipinski definition) is 1. The van der Waals surface area contributed by atoms with Gasteiger partial charge >= 0.3 is 0 Å². The molecule has 0 unspecified atom stereocenters. The molecular weight excluding hydrogens is 493 g/mol. The molecular formula is C19H29ClIN5O2. The lowest BCUT2D eigenvalue weighted by atomic mass is 10.2. The maximum absolute atomic E-state index is 12.6. The molecule has 9 heteroatoms. The highest BCUT2D eigenvalue weighted by atomic mass is 127. The van der Waals surface area contributed by atoms with Gasteiger partial charge in [0.25, 0.3) is 0 Å². The smallest absolute Gasteiger partial charge is 0.243 e. The molecule has 0 bridgehead atoms. The van der Waals surface area contributed by atoms with E-state index in [0.717, 1.165) is 5.56 Å². The van der Waals surface area contributed by atoms with Crippen molar-refractivity contribution in [1.82, 2.24) is 20.0 Å². The first-order valence-electron chi connectivity index (χ1n) is 9.04. The summed E-state index contributed by atoms with van der Waals surface area (Å²) >= 11 is 5.92. The Morgan fingerprint density at radius 1 is 1.25 bits per heavy atom. The number of nitrogens with zero attached hydrogens (tertiary/aromatic N) is 4. The van der Waals surface area contributed by atoms with Crippen molar-refractivity contribution in [1.29, 1.82) is 0 Å². The number of piperazine rings is 1. The molecule has 0 atom stereocenters. The average molecular weight is 522 g/mol. The summed E-state index contributed by atoms with van der Waals surface area (Å²) in [6, 6.07) is 7.68. The van der Waals surface area contributed by atoms with Crippen molar-refractivity contribution in [3.63, 3.8) is 0 Å². The van der Waals surface area contributed by atoms with Gasteiger partial charge in [-0.05, 0) is 31.5 Å². The Morgan fingerprint density at radius 2 is 1.89 bits per heavy atom. The maximum Gasteiger partial charge on any atom is 0.243 e. The third-order valence-electron chi connectivity index (χ3n) is 4.19. The summed E-state index contributed by atoms with van der Waals surface area (Å²) in [5.41, 5.74) is 1.05.